The number of carbonyl (C=O) groups excluding carboxylic acids is 2. The number of benzene rings is 4. The molecule has 0 radical (unpaired) electrons. The van der Waals surface area contributed by atoms with E-state index in [-0.39, 0.29) is 72.5 Å². The molecule has 2 aromatic heterocycles. The molecule has 2 atom stereocenters. The summed E-state index contributed by atoms with van der Waals surface area (Å²) < 4.78 is 82.5. The third kappa shape index (κ3) is 9.01. The molecule has 0 saturated heterocycles. The fourth-order valence-corrected chi connectivity index (χ4v) is 8.03. The third-order valence-electron chi connectivity index (χ3n) is 11.1. The van der Waals surface area contributed by atoms with Crippen LogP contribution in [0.15, 0.2) is 70.3 Å². The van der Waals surface area contributed by atoms with E-state index in [1.165, 1.54) is 46.3 Å². The molecule has 1 saturated carbocycles. The van der Waals surface area contributed by atoms with Crippen molar-refractivity contribution in [3.8, 4) is 34.4 Å². The summed E-state index contributed by atoms with van der Waals surface area (Å²) >= 11 is 0. The molecule has 1 fully saturated rings. The van der Waals surface area contributed by atoms with Crippen LogP contribution < -0.4 is 40.1 Å². The molecule has 7 rings (SSSR count). The Bertz CT molecular complexity index is 3080. The predicted molar refractivity (Wildman–Crippen MR) is 230 cm³/mol. The Balaban J connectivity index is 1.26. The number of aromatic nitrogens is 8. The van der Waals surface area contributed by atoms with Crippen LogP contribution in [0.5, 0.6) is 23.0 Å². The van der Waals surface area contributed by atoms with Crippen molar-refractivity contribution in [2.45, 2.75) is 51.6 Å². The Morgan fingerprint density at radius 2 is 1.25 bits per heavy atom. The first kappa shape index (κ1) is 48.4. The fraction of sp³-hybridized carbons (Fsp3) is 0.302. The van der Waals surface area contributed by atoms with Crippen molar-refractivity contribution >= 4 is 35.4 Å². The summed E-state index contributed by atoms with van der Waals surface area (Å²) in [5.41, 5.74) is -5.88. The van der Waals surface area contributed by atoms with E-state index >= 15 is 0 Å². The van der Waals surface area contributed by atoms with Gasteiger partial charge >= 0.3 is 35.4 Å². The number of hydrogen-bond acceptors (Lipinski definition) is 14. The van der Waals surface area contributed by atoms with Gasteiger partial charge in [-0.25, -0.2) is 46.3 Å². The van der Waals surface area contributed by atoms with E-state index in [2.05, 4.69) is 20.9 Å². The Morgan fingerprint density at radius 1 is 0.696 bits per heavy atom. The number of anilines is 2. The monoisotopic (exact) mass is 964 g/mol. The number of amides is 2. The van der Waals surface area contributed by atoms with Crippen molar-refractivity contribution in [1.29, 1.82) is 0 Å². The number of ether oxygens (including phenoxy) is 4. The summed E-state index contributed by atoms with van der Waals surface area (Å²) in [4.78, 5) is 83.2. The molecule has 1 aliphatic rings. The van der Waals surface area contributed by atoms with Crippen LogP contribution in [0.25, 0.3) is 11.4 Å². The van der Waals surface area contributed by atoms with Gasteiger partial charge < -0.3 is 29.2 Å². The number of tetrazole rings is 2. The lowest BCUT2D eigenvalue weighted by Gasteiger charge is -2.37. The van der Waals surface area contributed by atoms with Gasteiger partial charge in [0.2, 0.25) is 0 Å². The second-order valence-electron chi connectivity index (χ2n) is 15.5. The highest BCUT2D eigenvalue weighted by Gasteiger charge is 2.38. The van der Waals surface area contributed by atoms with Gasteiger partial charge in [0.15, 0.2) is 29.0 Å². The van der Waals surface area contributed by atoms with E-state index in [1.54, 1.807) is 0 Å². The van der Waals surface area contributed by atoms with E-state index in [0.29, 0.717) is 12.8 Å². The molecule has 26 heteroatoms. The van der Waals surface area contributed by atoms with E-state index in [1.807, 2.05) is 0 Å². The zero-order chi connectivity index (χ0) is 50.0. The summed E-state index contributed by atoms with van der Waals surface area (Å²) in [6, 6.07) is 6.11. The molecule has 2 unspecified atom stereocenters. The number of rotatable bonds is 14. The molecule has 69 heavy (non-hydrogen) atoms. The van der Waals surface area contributed by atoms with Gasteiger partial charge in [0.25, 0.3) is 0 Å². The van der Waals surface area contributed by atoms with Crippen molar-refractivity contribution in [1.82, 2.24) is 39.6 Å². The lowest BCUT2D eigenvalue weighted by molar-refractivity contribution is 0.0680. The Hall–Kier alpha value is -8.58. The van der Waals surface area contributed by atoms with E-state index in [9.17, 15) is 56.5 Å². The zero-order valence-corrected chi connectivity index (χ0v) is 37.0. The molecule has 0 aliphatic heterocycles. The summed E-state index contributed by atoms with van der Waals surface area (Å²) in [7, 11) is 3.54. The molecule has 1 aliphatic carbocycles. The molecular weight excluding hydrogens is 925 g/mol. The van der Waals surface area contributed by atoms with Crippen LogP contribution in [-0.2, 0) is 0 Å². The van der Waals surface area contributed by atoms with Crippen molar-refractivity contribution in [2.75, 3.05) is 37.7 Å². The van der Waals surface area contributed by atoms with Crippen LogP contribution in [0.2, 0.25) is 0 Å². The summed E-state index contributed by atoms with van der Waals surface area (Å²) in [6.45, 7) is 2.80. The lowest BCUT2D eigenvalue weighted by atomic mass is 9.85. The molecular formula is C43H40F4N10O12. The number of para-hydroxylation sites is 2. The topological polar surface area (TPSA) is 258 Å². The van der Waals surface area contributed by atoms with Crippen molar-refractivity contribution in [2.24, 2.45) is 5.92 Å². The normalized spacial score (nSPS) is 14.6. The molecule has 0 spiro atoms. The molecule has 362 valence electrons. The molecule has 2 amide bonds. The number of aromatic carboxylic acids is 2. The van der Waals surface area contributed by atoms with Crippen LogP contribution in [0.4, 0.5) is 38.5 Å². The number of nitrogens with zero attached hydrogens (tertiary/aromatic N) is 10. The van der Waals surface area contributed by atoms with Crippen molar-refractivity contribution < 1.29 is 65.9 Å². The van der Waals surface area contributed by atoms with Crippen LogP contribution in [-0.4, -0.2) is 114 Å². The van der Waals surface area contributed by atoms with Gasteiger partial charge in [0, 0.05) is 18.2 Å². The van der Waals surface area contributed by atoms with Gasteiger partial charge in [0.05, 0.1) is 39.3 Å². The van der Waals surface area contributed by atoms with Gasteiger partial charge in [-0.15, -0.1) is 9.36 Å². The summed E-state index contributed by atoms with van der Waals surface area (Å²) in [6.07, 6.45) is 1.07. The number of methoxy groups -OCH3 is 3. The number of carboxylic acids is 2. The molecule has 2 heterocycles. The highest BCUT2D eigenvalue weighted by Crippen LogP contribution is 2.43. The standard InChI is InChI=1S/C43H40F4N10O12/c1-21(2)52(40(62)56-42(64)54(48-50-56)35-25(44)11-7-12-26(35)45)30-18-24(38(58)59)32(67-4)19-33(30)69-20-22-9-6-10-23(17-22)53(29-15-16-31(66-3)34(39(60)61)37(29)68-5)41(63)57-43(65)55(49-51-57)36-27(46)13-8-14-28(36)47/h7-8,11-16,18-19,21-23H,6,9-10,17,20H2,1-5H3,(H,58,59)(H,60,61). The quantitative estimate of drug-likeness (QED) is 0.106. The largest absolute Gasteiger partial charge is 0.496 e. The number of carbonyl (C=O) groups is 4. The van der Waals surface area contributed by atoms with Crippen molar-refractivity contribution in [3.63, 3.8) is 0 Å². The van der Waals surface area contributed by atoms with Gasteiger partial charge in [-0.05, 0) is 102 Å². The third-order valence-corrected chi connectivity index (χ3v) is 11.1. The second kappa shape index (κ2) is 19.7. The van der Waals surface area contributed by atoms with Crippen molar-refractivity contribution in [3.05, 3.63) is 116 Å². The molecule has 0 bridgehead atoms. The minimum absolute atomic E-state index is 0.0474. The zero-order valence-electron chi connectivity index (χ0n) is 37.0. The molecule has 4 aromatic carbocycles. The van der Waals surface area contributed by atoms with Gasteiger partial charge in [0.1, 0.15) is 39.8 Å². The van der Waals surface area contributed by atoms with Crippen LogP contribution in [0, 0.1) is 29.2 Å². The Morgan fingerprint density at radius 3 is 1.74 bits per heavy atom. The maximum absolute atomic E-state index is 14.8. The average Bonchev–Trinajstić information content (AvgIpc) is 3.89. The van der Waals surface area contributed by atoms with Crippen LogP contribution >= 0.6 is 0 Å². The van der Waals surface area contributed by atoms with Gasteiger partial charge in [-0.1, -0.05) is 18.6 Å². The van der Waals surface area contributed by atoms with E-state index < -0.39 is 99.2 Å². The van der Waals surface area contributed by atoms with E-state index in [4.69, 9.17) is 18.9 Å². The fourth-order valence-electron chi connectivity index (χ4n) is 8.03. The maximum Gasteiger partial charge on any atom is 0.377 e. The van der Waals surface area contributed by atoms with Crippen LogP contribution in [0.1, 0.15) is 60.2 Å². The number of carboxylic acid groups (broad SMARTS) is 2. The second-order valence-corrected chi connectivity index (χ2v) is 15.5. The molecule has 22 nitrogen and oxygen atoms in total. The summed E-state index contributed by atoms with van der Waals surface area (Å²) in [5.74, 6) is -9.11. The number of halogens is 4. The summed E-state index contributed by atoms with van der Waals surface area (Å²) in [5, 5.41) is 34.6. The Kier molecular flexibility index (Phi) is 13.8. The van der Waals surface area contributed by atoms with E-state index in [0.717, 1.165) is 59.4 Å². The maximum atomic E-state index is 14.8. The average molecular weight is 965 g/mol. The first-order valence-electron chi connectivity index (χ1n) is 20.7. The van der Waals surface area contributed by atoms with Crippen LogP contribution in [0.3, 0.4) is 0 Å². The highest BCUT2D eigenvalue weighted by molar-refractivity contribution is 6.02. The minimum Gasteiger partial charge on any atom is -0.496 e. The minimum atomic E-state index is -1.51. The highest BCUT2D eigenvalue weighted by atomic mass is 19.1. The SMILES string of the molecule is COc1cc(OCC2CCCC(N(C(=O)n3nnn(-c4c(F)cccc4F)c3=O)c3ccc(OC)c(C(=O)O)c3OC)C2)c(N(C(=O)n2nnn(-c3c(F)cccc3F)c2=O)C(C)C)cc1C(=O)O. The first-order chi connectivity index (χ1) is 32.9. The Labute approximate surface area is 385 Å². The first-order valence-corrected chi connectivity index (χ1v) is 20.7. The van der Waals surface area contributed by atoms with Gasteiger partial charge in [-0.3, -0.25) is 9.80 Å². The molecule has 6 aromatic rings. The van der Waals surface area contributed by atoms with Gasteiger partial charge in [-0.2, -0.15) is 9.36 Å². The number of hydrogen-bond donors (Lipinski definition) is 2. The lowest BCUT2D eigenvalue weighted by Crippen LogP contribution is -2.49. The predicted octanol–water partition coefficient (Wildman–Crippen LogP) is 5.15. The molecule has 2 N–H and O–H groups in total. The smallest absolute Gasteiger partial charge is 0.377 e.